The highest BCUT2D eigenvalue weighted by Crippen LogP contribution is 2.29. The Morgan fingerprint density at radius 3 is 2.71 bits per heavy atom. The maximum absolute atomic E-state index is 12.2. The minimum Gasteiger partial charge on any atom is -0.489 e. The third-order valence-corrected chi connectivity index (χ3v) is 3.79. The van der Waals surface area contributed by atoms with Crippen molar-refractivity contribution in [1.29, 1.82) is 0 Å². The largest absolute Gasteiger partial charge is 0.489 e. The molecule has 0 fully saturated rings. The standard InChI is InChI=1S/C18H22O3/c1-5-7-8-15-12(3)14-9-10-16(20-11-6-2)13(4)17(14)21-18(15)19/h6,9-10H,2,5,7-8,11H2,1,3-4H3. The second-order valence-corrected chi connectivity index (χ2v) is 5.26. The van der Waals surface area contributed by atoms with E-state index in [-0.39, 0.29) is 5.63 Å². The van der Waals surface area contributed by atoms with Gasteiger partial charge in [0, 0.05) is 16.5 Å². The van der Waals surface area contributed by atoms with Crippen LogP contribution in [-0.2, 0) is 6.42 Å². The van der Waals surface area contributed by atoms with Crippen molar-refractivity contribution in [1.82, 2.24) is 0 Å². The molecule has 3 heteroatoms. The number of hydrogen-bond donors (Lipinski definition) is 0. The fourth-order valence-corrected chi connectivity index (χ4v) is 2.52. The van der Waals surface area contributed by atoms with Gasteiger partial charge < -0.3 is 9.15 Å². The topological polar surface area (TPSA) is 39.4 Å². The third kappa shape index (κ3) is 3.02. The van der Waals surface area contributed by atoms with Crippen LogP contribution in [0.25, 0.3) is 11.0 Å². The van der Waals surface area contributed by atoms with Crippen molar-refractivity contribution in [2.24, 2.45) is 0 Å². The van der Waals surface area contributed by atoms with Crippen LogP contribution in [0.2, 0.25) is 0 Å². The zero-order valence-corrected chi connectivity index (χ0v) is 13.0. The second kappa shape index (κ2) is 6.61. The fourth-order valence-electron chi connectivity index (χ4n) is 2.52. The monoisotopic (exact) mass is 286 g/mol. The number of benzene rings is 1. The van der Waals surface area contributed by atoms with Crippen LogP contribution in [0.1, 0.15) is 36.5 Å². The average molecular weight is 286 g/mol. The molecular formula is C18H22O3. The van der Waals surface area contributed by atoms with Crippen LogP contribution in [0.4, 0.5) is 0 Å². The van der Waals surface area contributed by atoms with Crippen molar-refractivity contribution in [3.8, 4) is 5.75 Å². The molecule has 1 heterocycles. The lowest BCUT2D eigenvalue weighted by Crippen LogP contribution is -2.11. The first-order valence-electron chi connectivity index (χ1n) is 7.39. The summed E-state index contributed by atoms with van der Waals surface area (Å²) in [7, 11) is 0. The van der Waals surface area contributed by atoms with Crippen LogP contribution in [0.3, 0.4) is 0 Å². The van der Waals surface area contributed by atoms with E-state index in [9.17, 15) is 4.79 Å². The maximum Gasteiger partial charge on any atom is 0.339 e. The summed E-state index contributed by atoms with van der Waals surface area (Å²) < 4.78 is 11.1. The molecule has 21 heavy (non-hydrogen) atoms. The van der Waals surface area contributed by atoms with E-state index in [2.05, 4.69) is 13.5 Å². The van der Waals surface area contributed by atoms with E-state index in [0.717, 1.165) is 47.1 Å². The highest BCUT2D eigenvalue weighted by atomic mass is 16.5. The summed E-state index contributed by atoms with van der Waals surface area (Å²) in [5, 5.41) is 0.990. The van der Waals surface area contributed by atoms with Crippen molar-refractivity contribution in [3.05, 3.63) is 51.9 Å². The Hall–Kier alpha value is -2.03. The van der Waals surface area contributed by atoms with E-state index < -0.39 is 0 Å². The van der Waals surface area contributed by atoms with E-state index in [4.69, 9.17) is 9.15 Å². The Balaban J connectivity index is 2.57. The number of fused-ring (bicyclic) bond motifs is 1. The van der Waals surface area contributed by atoms with Crippen molar-refractivity contribution in [2.45, 2.75) is 40.0 Å². The second-order valence-electron chi connectivity index (χ2n) is 5.26. The molecule has 0 atom stereocenters. The first kappa shape index (κ1) is 15.4. The number of hydrogen-bond acceptors (Lipinski definition) is 3. The van der Waals surface area contributed by atoms with Crippen molar-refractivity contribution in [2.75, 3.05) is 6.61 Å². The first-order chi connectivity index (χ1) is 10.1. The number of unbranched alkanes of at least 4 members (excludes halogenated alkanes) is 1. The van der Waals surface area contributed by atoms with Crippen LogP contribution < -0.4 is 10.4 Å². The van der Waals surface area contributed by atoms with E-state index in [1.165, 1.54) is 0 Å². The SMILES string of the molecule is C=CCOc1ccc2c(C)c(CCCC)c(=O)oc2c1C. The summed E-state index contributed by atoms with van der Waals surface area (Å²) in [6, 6.07) is 3.90. The van der Waals surface area contributed by atoms with E-state index in [1.807, 2.05) is 26.0 Å². The summed E-state index contributed by atoms with van der Waals surface area (Å²) in [4.78, 5) is 12.2. The number of ether oxygens (including phenoxy) is 1. The van der Waals surface area contributed by atoms with Crippen LogP contribution >= 0.6 is 0 Å². The highest BCUT2D eigenvalue weighted by Gasteiger charge is 2.14. The van der Waals surface area contributed by atoms with Gasteiger partial charge in [0.2, 0.25) is 0 Å². The first-order valence-corrected chi connectivity index (χ1v) is 7.39. The van der Waals surface area contributed by atoms with Crippen LogP contribution in [-0.4, -0.2) is 6.61 Å². The molecule has 0 aliphatic rings. The van der Waals surface area contributed by atoms with Gasteiger partial charge in [0.1, 0.15) is 17.9 Å². The summed E-state index contributed by atoms with van der Waals surface area (Å²) >= 11 is 0. The van der Waals surface area contributed by atoms with Gasteiger partial charge in [-0.3, -0.25) is 0 Å². The van der Waals surface area contributed by atoms with E-state index in [1.54, 1.807) is 6.08 Å². The minimum absolute atomic E-state index is 0.225. The summed E-state index contributed by atoms with van der Waals surface area (Å²) in [5.74, 6) is 0.728. The number of aryl methyl sites for hydroxylation is 2. The zero-order valence-electron chi connectivity index (χ0n) is 13.0. The van der Waals surface area contributed by atoms with Gasteiger partial charge in [-0.1, -0.05) is 26.0 Å². The molecule has 0 spiro atoms. The Bertz CT molecular complexity index is 710. The minimum atomic E-state index is -0.225. The van der Waals surface area contributed by atoms with Gasteiger partial charge in [-0.25, -0.2) is 4.79 Å². The summed E-state index contributed by atoms with van der Waals surface area (Å²) in [5.41, 5.74) is 3.07. The Labute approximate surface area is 125 Å². The molecule has 2 aromatic rings. The lowest BCUT2D eigenvalue weighted by Gasteiger charge is -2.12. The Morgan fingerprint density at radius 1 is 1.29 bits per heavy atom. The lowest BCUT2D eigenvalue weighted by atomic mass is 10.00. The average Bonchev–Trinajstić information content (AvgIpc) is 2.47. The molecular weight excluding hydrogens is 264 g/mol. The molecule has 112 valence electrons. The molecule has 1 aromatic heterocycles. The van der Waals surface area contributed by atoms with Gasteiger partial charge in [-0.15, -0.1) is 0 Å². The van der Waals surface area contributed by atoms with Gasteiger partial charge in [-0.2, -0.15) is 0 Å². The molecule has 0 saturated heterocycles. The van der Waals surface area contributed by atoms with Crippen LogP contribution in [0, 0.1) is 13.8 Å². The predicted molar refractivity (Wildman–Crippen MR) is 86.3 cm³/mol. The maximum atomic E-state index is 12.2. The molecule has 2 rings (SSSR count). The molecule has 0 radical (unpaired) electrons. The molecule has 0 bridgehead atoms. The quantitative estimate of drug-likeness (QED) is 0.586. The van der Waals surface area contributed by atoms with Gasteiger partial charge in [0.25, 0.3) is 0 Å². The Morgan fingerprint density at radius 2 is 2.05 bits per heavy atom. The van der Waals surface area contributed by atoms with Gasteiger partial charge >= 0.3 is 5.63 Å². The van der Waals surface area contributed by atoms with Gasteiger partial charge in [-0.05, 0) is 44.4 Å². The smallest absolute Gasteiger partial charge is 0.339 e. The molecule has 0 aliphatic carbocycles. The van der Waals surface area contributed by atoms with Crippen LogP contribution in [0.15, 0.2) is 34.0 Å². The summed E-state index contributed by atoms with van der Waals surface area (Å²) in [6.45, 7) is 10.1. The van der Waals surface area contributed by atoms with Crippen molar-refractivity contribution in [3.63, 3.8) is 0 Å². The number of rotatable bonds is 6. The normalized spacial score (nSPS) is 10.8. The van der Waals surface area contributed by atoms with Gasteiger partial charge in [0.05, 0.1) is 0 Å². The molecule has 0 unspecified atom stereocenters. The van der Waals surface area contributed by atoms with Gasteiger partial charge in [0.15, 0.2) is 0 Å². The van der Waals surface area contributed by atoms with Crippen molar-refractivity contribution < 1.29 is 9.15 Å². The van der Waals surface area contributed by atoms with Crippen LogP contribution in [0.5, 0.6) is 5.75 Å². The van der Waals surface area contributed by atoms with E-state index in [0.29, 0.717) is 12.2 Å². The van der Waals surface area contributed by atoms with Crippen molar-refractivity contribution >= 4 is 11.0 Å². The Kier molecular flexibility index (Phi) is 4.84. The molecule has 3 nitrogen and oxygen atoms in total. The third-order valence-electron chi connectivity index (χ3n) is 3.79. The zero-order chi connectivity index (χ0) is 15.4. The lowest BCUT2D eigenvalue weighted by molar-refractivity contribution is 0.360. The van der Waals surface area contributed by atoms with E-state index >= 15 is 0 Å². The fraction of sp³-hybridized carbons (Fsp3) is 0.389. The molecule has 1 aromatic carbocycles. The predicted octanol–water partition coefficient (Wildman–Crippen LogP) is 4.32. The molecule has 0 N–H and O–H groups in total. The summed E-state index contributed by atoms with van der Waals surface area (Å²) in [6.07, 6.45) is 4.52. The molecule has 0 aliphatic heterocycles. The molecule has 0 amide bonds. The molecule has 0 saturated carbocycles. The highest BCUT2D eigenvalue weighted by molar-refractivity contribution is 5.85.